The molecule has 0 radical (unpaired) electrons. The molecule has 19 heavy (non-hydrogen) atoms. The average Bonchev–Trinajstić information content (AvgIpc) is 2.46. The summed E-state index contributed by atoms with van der Waals surface area (Å²) in [4.78, 5) is 14.1. The van der Waals surface area contributed by atoms with E-state index in [1.165, 1.54) is 12.0 Å². The third kappa shape index (κ3) is 4.84. The van der Waals surface area contributed by atoms with Gasteiger partial charge < -0.3 is 10.2 Å². The molecule has 1 saturated heterocycles. The number of carbonyl (C=O) groups excluding carboxylic acids is 1. The lowest BCUT2D eigenvalue weighted by Gasteiger charge is -2.32. The number of likely N-dealkylation sites (tertiary alicyclic amines) is 1. The summed E-state index contributed by atoms with van der Waals surface area (Å²) < 4.78 is 0. The Bertz CT molecular complexity index is 383. The Morgan fingerprint density at radius 1 is 1.37 bits per heavy atom. The first-order chi connectivity index (χ1) is 8.79. The van der Waals surface area contributed by atoms with Crippen LogP contribution in [-0.4, -0.2) is 37.0 Å². The minimum absolute atomic E-state index is 0. The van der Waals surface area contributed by atoms with Crippen molar-refractivity contribution in [3.63, 3.8) is 0 Å². The number of amides is 1. The maximum absolute atomic E-state index is 12.1. The fourth-order valence-corrected chi connectivity index (χ4v) is 2.49. The standard InChI is InChI=1S/C15H22N2O.ClH/c1-16-14-8-5-11-17(12-14)15(18)10-9-13-6-3-2-4-7-13;/h2-4,6-7,14,16H,5,8-12H2,1H3;1H. The van der Waals surface area contributed by atoms with Crippen LogP contribution < -0.4 is 5.32 Å². The van der Waals surface area contributed by atoms with Crippen molar-refractivity contribution in [2.24, 2.45) is 0 Å². The van der Waals surface area contributed by atoms with Gasteiger partial charge in [-0.1, -0.05) is 30.3 Å². The van der Waals surface area contributed by atoms with Crippen LogP contribution in [0.25, 0.3) is 0 Å². The molecule has 4 heteroatoms. The summed E-state index contributed by atoms with van der Waals surface area (Å²) in [6.45, 7) is 1.79. The van der Waals surface area contributed by atoms with Gasteiger partial charge in [-0.15, -0.1) is 12.4 Å². The number of likely N-dealkylation sites (N-methyl/N-ethyl adjacent to an activating group) is 1. The van der Waals surface area contributed by atoms with Gasteiger partial charge in [-0.25, -0.2) is 0 Å². The highest BCUT2D eigenvalue weighted by atomic mass is 35.5. The normalized spacial score (nSPS) is 18.8. The lowest BCUT2D eigenvalue weighted by atomic mass is 10.0. The third-order valence-corrected chi connectivity index (χ3v) is 3.65. The molecule has 1 aromatic rings. The van der Waals surface area contributed by atoms with E-state index in [-0.39, 0.29) is 12.4 Å². The van der Waals surface area contributed by atoms with Crippen LogP contribution in [0.5, 0.6) is 0 Å². The number of nitrogens with zero attached hydrogens (tertiary/aromatic N) is 1. The predicted octanol–water partition coefficient (Wildman–Crippen LogP) is 2.25. The first-order valence-corrected chi connectivity index (χ1v) is 6.78. The number of hydrogen-bond acceptors (Lipinski definition) is 2. The van der Waals surface area contributed by atoms with E-state index in [0.29, 0.717) is 18.4 Å². The lowest BCUT2D eigenvalue weighted by molar-refractivity contribution is -0.132. The lowest BCUT2D eigenvalue weighted by Crippen LogP contribution is -2.47. The molecule has 0 saturated carbocycles. The largest absolute Gasteiger partial charge is 0.341 e. The number of carbonyl (C=O) groups is 1. The number of halogens is 1. The summed E-state index contributed by atoms with van der Waals surface area (Å²) in [5.74, 6) is 0.291. The van der Waals surface area contributed by atoms with Gasteiger partial charge in [0, 0.05) is 25.6 Å². The van der Waals surface area contributed by atoms with Crippen molar-refractivity contribution in [2.75, 3.05) is 20.1 Å². The Hall–Kier alpha value is -1.06. The first kappa shape index (κ1) is 16.0. The smallest absolute Gasteiger partial charge is 0.222 e. The number of piperidine rings is 1. The zero-order valence-electron chi connectivity index (χ0n) is 11.5. The summed E-state index contributed by atoms with van der Waals surface area (Å²) in [5, 5.41) is 3.27. The molecule has 0 aromatic heterocycles. The van der Waals surface area contributed by atoms with Crippen LogP contribution in [0.2, 0.25) is 0 Å². The van der Waals surface area contributed by atoms with Crippen molar-refractivity contribution in [2.45, 2.75) is 31.7 Å². The van der Waals surface area contributed by atoms with Crippen LogP contribution in [-0.2, 0) is 11.2 Å². The highest BCUT2D eigenvalue weighted by Crippen LogP contribution is 2.12. The minimum atomic E-state index is 0. The Morgan fingerprint density at radius 2 is 2.11 bits per heavy atom. The Morgan fingerprint density at radius 3 is 2.79 bits per heavy atom. The van der Waals surface area contributed by atoms with E-state index in [2.05, 4.69) is 17.4 Å². The van der Waals surface area contributed by atoms with E-state index >= 15 is 0 Å². The van der Waals surface area contributed by atoms with Gasteiger partial charge in [-0.3, -0.25) is 4.79 Å². The molecule has 106 valence electrons. The van der Waals surface area contributed by atoms with Crippen molar-refractivity contribution in [3.8, 4) is 0 Å². The molecule has 1 N–H and O–H groups in total. The second-order valence-corrected chi connectivity index (χ2v) is 4.95. The number of aryl methyl sites for hydroxylation is 1. The molecular formula is C15H23ClN2O. The van der Waals surface area contributed by atoms with Crippen molar-refractivity contribution >= 4 is 18.3 Å². The molecule has 1 amide bonds. The zero-order chi connectivity index (χ0) is 12.8. The van der Waals surface area contributed by atoms with E-state index in [9.17, 15) is 4.79 Å². The summed E-state index contributed by atoms with van der Waals surface area (Å²) in [6.07, 6.45) is 3.77. The van der Waals surface area contributed by atoms with Gasteiger partial charge in [0.25, 0.3) is 0 Å². The van der Waals surface area contributed by atoms with Crippen molar-refractivity contribution in [1.29, 1.82) is 0 Å². The molecule has 1 unspecified atom stereocenters. The second-order valence-electron chi connectivity index (χ2n) is 4.95. The van der Waals surface area contributed by atoms with E-state index in [1.54, 1.807) is 0 Å². The number of hydrogen-bond donors (Lipinski definition) is 1. The Kier molecular flexibility index (Phi) is 6.89. The van der Waals surface area contributed by atoms with Crippen LogP contribution >= 0.6 is 12.4 Å². The molecule has 1 heterocycles. The zero-order valence-corrected chi connectivity index (χ0v) is 12.3. The van der Waals surface area contributed by atoms with Crippen LogP contribution in [0.4, 0.5) is 0 Å². The average molecular weight is 283 g/mol. The third-order valence-electron chi connectivity index (χ3n) is 3.65. The second kappa shape index (κ2) is 8.18. The number of benzene rings is 1. The molecule has 1 atom stereocenters. The molecule has 2 rings (SSSR count). The van der Waals surface area contributed by atoms with Crippen LogP contribution in [0.1, 0.15) is 24.8 Å². The molecular weight excluding hydrogens is 260 g/mol. The van der Waals surface area contributed by atoms with Gasteiger partial charge in [0.2, 0.25) is 5.91 Å². The SMILES string of the molecule is CNC1CCCN(C(=O)CCc2ccccc2)C1.Cl. The highest BCUT2D eigenvalue weighted by molar-refractivity contribution is 5.85. The Balaban J connectivity index is 0.00000180. The van der Waals surface area contributed by atoms with Crippen LogP contribution in [0.15, 0.2) is 30.3 Å². The molecule has 1 aliphatic rings. The maximum atomic E-state index is 12.1. The Labute approximate surface area is 121 Å². The van der Waals surface area contributed by atoms with Gasteiger partial charge in [0.05, 0.1) is 0 Å². The summed E-state index contributed by atoms with van der Waals surface area (Å²) in [7, 11) is 1.97. The van der Waals surface area contributed by atoms with Gasteiger partial charge in [0.15, 0.2) is 0 Å². The first-order valence-electron chi connectivity index (χ1n) is 6.78. The molecule has 1 fully saturated rings. The summed E-state index contributed by atoms with van der Waals surface area (Å²) >= 11 is 0. The van der Waals surface area contributed by atoms with Gasteiger partial charge in [-0.05, 0) is 31.9 Å². The van der Waals surface area contributed by atoms with Gasteiger partial charge in [0.1, 0.15) is 0 Å². The minimum Gasteiger partial charge on any atom is -0.341 e. The summed E-state index contributed by atoms with van der Waals surface area (Å²) in [5.41, 5.74) is 1.24. The van der Waals surface area contributed by atoms with E-state index < -0.39 is 0 Å². The van der Waals surface area contributed by atoms with Crippen molar-refractivity contribution in [3.05, 3.63) is 35.9 Å². The van der Waals surface area contributed by atoms with Crippen LogP contribution in [0.3, 0.4) is 0 Å². The van der Waals surface area contributed by atoms with Gasteiger partial charge in [-0.2, -0.15) is 0 Å². The fraction of sp³-hybridized carbons (Fsp3) is 0.533. The summed E-state index contributed by atoms with van der Waals surface area (Å²) in [6, 6.07) is 10.7. The molecule has 0 bridgehead atoms. The van der Waals surface area contributed by atoms with E-state index in [1.807, 2.05) is 30.1 Å². The molecule has 0 aliphatic carbocycles. The van der Waals surface area contributed by atoms with E-state index in [0.717, 1.165) is 25.9 Å². The highest BCUT2D eigenvalue weighted by Gasteiger charge is 2.21. The predicted molar refractivity (Wildman–Crippen MR) is 80.7 cm³/mol. The number of rotatable bonds is 4. The van der Waals surface area contributed by atoms with Crippen molar-refractivity contribution in [1.82, 2.24) is 10.2 Å². The maximum Gasteiger partial charge on any atom is 0.222 e. The van der Waals surface area contributed by atoms with Gasteiger partial charge >= 0.3 is 0 Å². The topological polar surface area (TPSA) is 32.3 Å². The quantitative estimate of drug-likeness (QED) is 0.919. The van der Waals surface area contributed by atoms with Crippen molar-refractivity contribution < 1.29 is 4.79 Å². The molecule has 3 nitrogen and oxygen atoms in total. The number of nitrogens with one attached hydrogen (secondary N) is 1. The molecule has 1 aromatic carbocycles. The molecule has 0 spiro atoms. The van der Waals surface area contributed by atoms with Crippen LogP contribution in [0, 0.1) is 0 Å². The fourth-order valence-electron chi connectivity index (χ4n) is 2.49. The van der Waals surface area contributed by atoms with E-state index in [4.69, 9.17) is 0 Å². The molecule has 1 aliphatic heterocycles. The monoisotopic (exact) mass is 282 g/mol.